The third-order valence-corrected chi connectivity index (χ3v) is 4.00. The fraction of sp³-hybridized carbons (Fsp3) is 0.0588. The Morgan fingerprint density at radius 1 is 1.05 bits per heavy atom. The van der Waals surface area contributed by atoms with Gasteiger partial charge in [-0.3, -0.25) is 0 Å². The van der Waals surface area contributed by atoms with Crippen molar-refractivity contribution < 1.29 is 5.11 Å². The number of fused-ring (bicyclic) bond motifs is 2. The van der Waals surface area contributed by atoms with Crippen molar-refractivity contribution in [3.63, 3.8) is 0 Å². The summed E-state index contributed by atoms with van der Waals surface area (Å²) in [5.41, 5.74) is 4.64. The van der Waals surface area contributed by atoms with Crippen molar-refractivity contribution in [2.45, 2.75) is 6.42 Å². The van der Waals surface area contributed by atoms with E-state index in [2.05, 4.69) is 10.2 Å². The third-order valence-electron chi connectivity index (χ3n) is 4.00. The van der Waals surface area contributed by atoms with Gasteiger partial charge in [-0.25, -0.2) is 0 Å². The number of aromatic nitrogens is 1. The number of aromatic hydroxyl groups is 1. The van der Waals surface area contributed by atoms with E-state index in [0.29, 0.717) is 17.7 Å². The molecule has 1 aliphatic carbocycles. The molecular formula is C17H12N2O2. The van der Waals surface area contributed by atoms with Gasteiger partial charge in [-0.2, -0.15) is 0 Å². The van der Waals surface area contributed by atoms with E-state index in [-0.39, 0.29) is 5.88 Å². The van der Waals surface area contributed by atoms with Gasteiger partial charge in [-0.1, -0.05) is 42.5 Å². The first kappa shape index (κ1) is 11.9. The molecule has 1 aliphatic rings. The molecule has 102 valence electrons. The smallest absolute Gasteiger partial charge is 0.197 e. The Labute approximate surface area is 120 Å². The van der Waals surface area contributed by atoms with E-state index in [1.807, 2.05) is 48.5 Å². The first-order valence-corrected chi connectivity index (χ1v) is 6.74. The highest BCUT2D eigenvalue weighted by Gasteiger charge is 2.27. The van der Waals surface area contributed by atoms with Gasteiger partial charge >= 0.3 is 0 Å². The predicted molar refractivity (Wildman–Crippen MR) is 82.7 cm³/mol. The zero-order valence-corrected chi connectivity index (χ0v) is 11.1. The van der Waals surface area contributed by atoms with Crippen molar-refractivity contribution >= 4 is 22.2 Å². The monoisotopic (exact) mass is 276 g/mol. The van der Waals surface area contributed by atoms with Crippen molar-refractivity contribution in [2.24, 2.45) is 5.18 Å². The maximum atomic E-state index is 11.3. The van der Waals surface area contributed by atoms with E-state index >= 15 is 0 Å². The Bertz CT molecular complexity index is 906. The summed E-state index contributed by atoms with van der Waals surface area (Å²) in [5.74, 6) is 0.0835. The van der Waals surface area contributed by atoms with Crippen molar-refractivity contribution in [3.05, 3.63) is 70.1 Å². The first-order valence-electron chi connectivity index (χ1n) is 6.74. The van der Waals surface area contributed by atoms with Crippen LogP contribution in [0.2, 0.25) is 0 Å². The number of nitroso groups, excluding NO2 is 1. The summed E-state index contributed by atoms with van der Waals surface area (Å²) in [6, 6.07) is 15.4. The molecule has 4 rings (SSSR count). The number of aromatic amines is 1. The van der Waals surface area contributed by atoms with Crippen LogP contribution in [0.5, 0.6) is 5.88 Å². The zero-order valence-electron chi connectivity index (χ0n) is 11.1. The largest absolute Gasteiger partial charge is 0.494 e. The van der Waals surface area contributed by atoms with Crippen LogP contribution in [-0.2, 0) is 6.42 Å². The Balaban J connectivity index is 2.02. The molecule has 21 heavy (non-hydrogen) atoms. The molecule has 1 aromatic heterocycles. The van der Waals surface area contributed by atoms with Crippen LogP contribution < -0.4 is 0 Å². The molecule has 0 fully saturated rings. The van der Waals surface area contributed by atoms with Crippen molar-refractivity contribution in [1.82, 2.24) is 4.98 Å². The number of hydrogen-bond acceptors (Lipinski definition) is 3. The minimum atomic E-state index is 0.0835. The summed E-state index contributed by atoms with van der Waals surface area (Å²) in [6.45, 7) is 0. The lowest BCUT2D eigenvalue weighted by Gasteiger charge is -2.02. The molecule has 2 aromatic carbocycles. The third kappa shape index (κ3) is 1.62. The van der Waals surface area contributed by atoms with Gasteiger partial charge in [0.15, 0.2) is 5.88 Å². The van der Waals surface area contributed by atoms with Gasteiger partial charge in [0.1, 0.15) is 5.70 Å². The second-order valence-corrected chi connectivity index (χ2v) is 5.15. The molecular weight excluding hydrogens is 264 g/mol. The van der Waals surface area contributed by atoms with Crippen molar-refractivity contribution in [2.75, 3.05) is 0 Å². The normalized spacial score (nSPS) is 13.7. The van der Waals surface area contributed by atoms with Gasteiger partial charge in [0.2, 0.25) is 0 Å². The number of nitrogens with zero attached hydrogens (tertiary/aromatic N) is 1. The second-order valence-electron chi connectivity index (χ2n) is 5.15. The number of para-hydroxylation sites is 1. The average molecular weight is 276 g/mol. The highest BCUT2D eigenvalue weighted by Crippen LogP contribution is 2.44. The first-order chi connectivity index (χ1) is 10.3. The van der Waals surface area contributed by atoms with Gasteiger partial charge in [-0.15, -0.1) is 4.91 Å². The maximum Gasteiger partial charge on any atom is 0.197 e. The van der Waals surface area contributed by atoms with E-state index in [0.717, 1.165) is 27.6 Å². The summed E-state index contributed by atoms with van der Waals surface area (Å²) in [7, 11) is 0. The number of allylic oxidation sites excluding steroid dienone is 1. The van der Waals surface area contributed by atoms with E-state index in [1.165, 1.54) is 0 Å². The minimum absolute atomic E-state index is 0.0835. The number of H-pyrrole nitrogens is 1. The van der Waals surface area contributed by atoms with Crippen LogP contribution in [0.4, 0.5) is 0 Å². The van der Waals surface area contributed by atoms with Crippen LogP contribution in [0.25, 0.3) is 22.2 Å². The van der Waals surface area contributed by atoms with E-state index in [1.54, 1.807) is 0 Å². The lowest BCUT2D eigenvalue weighted by Crippen LogP contribution is -1.85. The molecule has 0 radical (unpaired) electrons. The van der Waals surface area contributed by atoms with Gasteiger partial charge < -0.3 is 10.1 Å². The second kappa shape index (κ2) is 4.31. The molecule has 4 nitrogen and oxygen atoms in total. The molecule has 4 heteroatoms. The quantitative estimate of drug-likeness (QED) is 0.693. The number of nitrogens with one attached hydrogen (secondary N) is 1. The van der Waals surface area contributed by atoms with E-state index < -0.39 is 0 Å². The summed E-state index contributed by atoms with van der Waals surface area (Å²) in [4.78, 5) is 14.3. The molecule has 0 amide bonds. The average Bonchev–Trinajstić information content (AvgIpc) is 3.02. The fourth-order valence-electron chi connectivity index (χ4n) is 3.09. The number of rotatable bonds is 2. The SMILES string of the molecule is O=NC1=C(c2c(O)[nH]c3ccccc23)Cc2ccccc21. The molecule has 0 unspecified atom stereocenters. The van der Waals surface area contributed by atoms with Gasteiger partial charge in [0.25, 0.3) is 0 Å². The van der Waals surface area contributed by atoms with E-state index in [9.17, 15) is 10.0 Å². The van der Waals surface area contributed by atoms with E-state index in [4.69, 9.17) is 0 Å². The molecule has 2 N–H and O–H groups in total. The lowest BCUT2D eigenvalue weighted by atomic mass is 10.0. The lowest BCUT2D eigenvalue weighted by molar-refractivity contribution is 0.457. The van der Waals surface area contributed by atoms with Gasteiger partial charge in [0, 0.05) is 28.5 Å². The topological polar surface area (TPSA) is 65.4 Å². The summed E-state index contributed by atoms with van der Waals surface area (Å²) >= 11 is 0. The van der Waals surface area contributed by atoms with Crippen LogP contribution in [0.3, 0.4) is 0 Å². The molecule has 0 saturated heterocycles. The van der Waals surface area contributed by atoms with Crippen LogP contribution in [-0.4, -0.2) is 10.1 Å². The van der Waals surface area contributed by atoms with Crippen LogP contribution in [0, 0.1) is 4.91 Å². The van der Waals surface area contributed by atoms with Crippen molar-refractivity contribution in [1.29, 1.82) is 0 Å². The summed E-state index contributed by atoms with van der Waals surface area (Å²) in [6.07, 6.45) is 0.604. The molecule has 0 bridgehead atoms. The van der Waals surface area contributed by atoms with Crippen molar-refractivity contribution in [3.8, 4) is 5.88 Å². The standard InChI is InChI=1S/C17H12N2O2/c20-17-15(12-7-3-4-8-14(12)18-17)13-9-10-5-1-2-6-11(10)16(13)19-21/h1-8,18,20H,9H2. The summed E-state index contributed by atoms with van der Waals surface area (Å²) < 4.78 is 0. The van der Waals surface area contributed by atoms with Crippen LogP contribution >= 0.6 is 0 Å². The summed E-state index contributed by atoms with van der Waals surface area (Å²) in [5, 5.41) is 14.4. The number of hydrogen-bond donors (Lipinski definition) is 2. The predicted octanol–water partition coefficient (Wildman–Crippen LogP) is 4.06. The Morgan fingerprint density at radius 2 is 1.81 bits per heavy atom. The molecule has 0 aliphatic heterocycles. The minimum Gasteiger partial charge on any atom is -0.494 e. The van der Waals surface area contributed by atoms with Crippen LogP contribution in [0.15, 0.2) is 53.7 Å². The Kier molecular flexibility index (Phi) is 2.44. The highest BCUT2D eigenvalue weighted by atomic mass is 16.3. The fourth-order valence-corrected chi connectivity index (χ4v) is 3.09. The van der Waals surface area contributed by atoms with Gasteiger partial charge in [0.05, 0.1) is 0 Å². The maximum absolute atomic E-state index is 11.3. The molecule has 0 spiro atoms. The zero-order chi connectivity index (χ0) is 14.4. The molecule has 0 saturated carbocycles. The molecule has 0 atom stereocenters. The molecule has 1 heterocycles. The Morgan fingerprint density at radius 3 is 2.67 bits per heavy atom. The van der Waals surface area contributed by atoms with Crippen LogP contribution in [0.1, 0.15) is 16.7 Å². The number of benzene rings is 2. The van der Waals surface area contributed by atoms with Gasteiger partial charge in [-0.05, 0) is 22.4 Å². The highest BCUT2D eigenvalue weighted by molar-refractivity contribution is 6.05. The Hall–Kier alpha value is -2.88. The molecule has 3 aromatic rings.